The summed E-state index contributed by atoms with van der Waals surface area (Å²) in [6.07, 6.45) is 1.81. The molecule has 6 heteroatoms. The Morgan fingerprint density at radius 2 is 2.11 bits per heavy atom. The Morgan fingerprint density at radius 1 is 1.44 bits per heavy atom. The van der Waals surface area contributed by atoms with Crippen LogP contribution >= 0.6 is 0 Å². The molecule has 0 bridgehead atoms. The standard InChI is InChI=1S/C12H19N3O3/c1-18-9-11(3-2-8-13)14-10-4-6-12(7-5-10)15(16)17/h4-7,11,14H,2-3,8-9,13H2,1H3. The Bertz CT molecular complexity index is 367. The van der Waals surface area contributed by atoms with E-state index in [1.807, 2.05) is 0 Å². The Morgan fingerprint density at radius 3 is 2.61 bits per heavy atom. The molecule has 0 aliphatic heterocycles. The fourth-order valence-corrected chi connectivity index (χ4v) is 1.68. The van der Waals surface area contributed by atoms with Crippen molar-refractivity contribution < 1.29 is 9.66 Å². The van der Waals surface area contributed by atoms with Gasteiger partial charge in [-0.1, -0.05) is 0 Å². The van der Waals surface area contributed by atoms with Crippen molar-refractivity contribution in [3.8, 4) is 0 Å². The van der Waals surface area contributed by atoms with Gasteiger partial charge >= 0.3 is 0 Å². The monoisotopic (exact) mass is 253 g/mol. The molecule has 100 valence electrons. The van der Waals surface area contributed by atoms with Gasteiger partial charge in [-0.25, -0.2) is 0 Å². The van der Waals surface area contributed by atoms with Gasteiger partial charge in [0.05, 0.1) is 11.5 Å². The van der Waals surface area contributed by atoms with Crippen molar-refractivity contribution in [1.82, 2.24) is 0 Å². The van der Waals surface area contributed by atoms with E-state index < -0.39 is 4.92 Å². The first-order valence-corrected chi connectivity index (χ1v) is 5.87. The fourth-order valence-electron chi connectivity index (χ4n) is 1.68. The Balaban J connectivity index is 2.59. The highest BCUT2D eigenvalue weighted by Crippen LogP contribution is 2.17. The van der Waals surface area contributed by atoms with Crippen LogP contribution in [0.25, 0.3) is 0 Å². The summed E-state index contributed by atoms with van der Waals surface area (Å²) in [4.78, 5) is 10.1. The van der Waals surface area contributed by atoms with Crippen LogP contribution in [0.4, 0.5) is 11.4 Å². The third-order valence-corrected chi connectivity index (χ3v) is 2.57. The van der Waals surface area contributed by atoms with Gasteiger partial charge in [-0.3, -0.25) is 10.1 Å². The van der Waals surface area contributed by atoms with E-state index in [1.165, 1.54) is 12.1 Å². The number of ether oxygens (including phenoxy) is 1. The summed E-state index contributed by atoms with van der Waals surface area (Å²) < 4.78 is 5.12. The lowest BCUT2D eigenvalue weighted by Crippen LogP contribution is -2.25. The van der Waals surface area contributed by atoms with E-state index in [9.17, 15) is 10.1 Å². The molecule has 0 aliphatic rings. The lowest BCUT2D eigenvalue weighted by atomic mass is 10.1. The maximum atomic E-state index is 10.5. The van der Waals surface area contributed by atoms with Crippen LogP contribution in [0.1, 0.15) is 12.8 Å². The van der Waals surface area contributed by atoms with E-state index in [0.29, 0.717) is 13.2 Å². The summed E-state index contributed by atoms with van der Waals surface area (Å²) >= 11 is 0. The minimum Gasteiger partial charge on any atom is -0.383 e. The Labute approximate surface area is 106 Å². The maximum Gasteiger partial charge on any atom is 0.269 e. The number of nitrogens with zero attached hydrogens (tertiary/aromatic N) is 1. The van der Waals surface area contributed by atoms with Gasteiger partial charge in [0.25, 0.3) is 5.69 Å². The van der Waals surface area contributed by atoms with Gasteiger partial charge in [0.15, 0.2) is 0 Å². The van der Waals surface area contributed by atoms with E-state index in [1.54, 1.807) is 19.2 Å². The van der Waals surface area contributed by atoms with E-state index in [0.717, 1.165) is 18.5 Å². The van der Waals surface area contributed by atoms with Gasteiger partial charge in [-0.2, -0.15) is 0 Å². The summed E-state index contributed by atoms with van der Waals surface area (Å²) in [6.45, 7) is 1.22. The largest absolute Gasteiger partial charge is 0.383 e. The second-order valence-electron chi connectivity index (χ2n) is 4.03. The van der Waals surface area contributed by atoms with Crippen molar-refractivity contribution in [2.45, 2.75) is 18.9 Å². The van der Waals surface area contributed by atoms with Gasteiger partial charge in [-0.15, -0.1) is 0 Å². The molecule has 0 aliphatic carbocycles. The maximum absolute atomic E-state index is 10.5. The van der Waals surface area contributed by atoms with Gasteiger partial charge in [-0.05, 0) is 31.5 Å². The van der Waals surface area contributed by atoms with Crippen LogP contribution in [0.3, 0.4) is 0 Å². The molecular weight excluding hydrogens is 234 g/mol. The number of nitrogens with one attached hydrogen (secondary N) is 1. The van der Waals surface area contributed by atoms with Gasteiger partial charge in [0, 0.05) is 31.0 Å². The average Bonchev–Trinajstić information content (AvgIpc) is 2.37. The minimum absolute atomic E-state index is 0.0887. The smallest absolute Gasteiger partial charge is 0.269 e. The molecule has 0 saturated heterocycles. The third kappa shape index (κ3) is 4.68. The summed E-state index contributed by atoms with van der Waals surface area (Å²) in [7, 11) is 1.65. The molecule has 1 aromatic rings. The van der Waals surface area contributed by atoms with Gasteiger partial charge in [0.2, 0.25) is 0 Å². The number of rotatable bonds is 8. The lowest BCUT2D eigenvalue weighted by Gasteiger charge is -2.18. The third-order valence-electron chi connectivity index (χ3n) is 2.57. The number of non-ortho nitro benzene ring substituents is 1. The van der Waals surface area contributed by atoms with Gasteiger partial charge < -0.3 is 15.8 Å². The number of methoxy groups -OCH3 is 1. The number of hydrogen-bond donors (Lipinski definition) is 2. The lowest BCUT2D eigenvalue weighted by molar-refractivity contribution is -0.384. The predicted octanol–water partition coefficient (Wildman–Crippen LogP) is 1.76. The molecule has 0 amide bonds. The molecule has 6 nitrogen and oxygen atoms in total. The SMILES string of the molecule is COCC(CCCN)Nc1ccc([N+](=O)[O-])cc1. The zero-order valence-electron chi connectivity index (χ0n) is 10.5. The van der Waals surface area contributed by atoms with Crippen LogP contribution in [-0.4, -0.2) is 31.2 Å². The second-order valence-corrected chi connectivity index (χ2v) is 4.03. The quantitative estimate of drug-likeness (QED) is 0.544. The molecule has 0 heterocycles. The molecule has 0 spiro atoms. The van der Waals surface area contributed by atoms with E-state index in [-0.39, 0.29) is 11.7 Å². The number of nitrogens with two attached hydrogens (primary N) is 1. The summed E-state index contributed by atoms with van der Waals surface area (Å²) in [5, 5.41) is 13.8. The molecule has 18 heavy (non-hydrogen) atoms. The van der Waals surface area contributed by atoms with Crippen LogP contribution in [0, 0.1) is 10.1 Å². The van der Waals surface area contributed by atoms with E-state index in [2.05, 4.69) is 5.32 Å². The predicted molar refractivity (Wildman–Crippen MR) is 70.7 cm³/mol. The van der Waals surface area contributed by atoms with Crippen LogP contribution in [-0.2, 0) is 4.74 Å². The van der Waals surface area contributed by atoms with Crippen molar-refractivity contribution in [1.29, 1.82) is 0 Å². The number of nitro groups is 1. The van der Waals surface area contributed by atoms with Crippen molar-refractivity contribution in [3.05, 3.63) is 34.4 Å². The zero-order chi connectivity index (χ0) is 13.4. The zero-order valence-corrected chi connectivity index (χ0v) is 10.5. The Hall–Kier alpha value is -1.66. The van der Waals surface area contributed by atoms with E-state index in [4.69, 9.17) is 10.5 Å². The molecule has 0 radical (unpaired) electrons. The van der Waals surface area contributed by atoms with Crippen molar-refractivity contribution in [2.24, 2.45) is 5.73 Å². The second kappa shape index (κ2) is 7.62. The first kappa shape index (κ1) is 14.4. The first-order valence-electron chi connectivity index (χ1n) is 5.87. The molecule has 0 saturated carbocycles. The number of benzene rings is 1. The van der Waals surface area contributed by atoms with Crippen LogP contribution < -0.4 is 11.1 Å². The van der Waals surface area contributed by atoms with Crippen molar-refractivity contribution >= 4 is 11.4 Å². The highest BCUT2D eigenvalue weighted by molar-refractivity contribution is 5.49. The van der Waals surface area contributed by atoms with Crippen molar-refractivity contribution in [2.75, 3.05) is 25.6 Å². The first-order chi connectivity index (χ1) is 8.67. The normalized spacial score (nSPS) is 12.1. The van der Waals surface area contributed by atoms with Crippen LogP contribution in [0.2, 0.25) is 0 Å². The molecule has 0 fully saturated rings. The summed E-state index contributed by atoms with van der Waals surface area (Å²) in [5.41, 5.74) is 6.41. The minimum atomic E-state index is -0.412. The molecule has 1 aromatic carbocycles. The average molecular weight is 253 g/mol. The molecule has 1 rings (SSSR count). The molecular formula is C12H19N3O3. The highest BCUT2D eigenvalue weighted by atomic mass is 16.6. The van der Waals surface area contributed by atoms with Crippen LogP contribution in [0.5, 0.6) is 0 Å². The Kier molecular flexibility index (Phi) is 6.10. The number of anilines is 1. The summed E-state index contributed by atoms with van der Waals surface area (Å²) in [6, 6.07) is 6.52. The molecule has 3 N–H and O–H groups in total. The molecule has 1 unspecified atom stereocenters. The van der Waals surface area contributed by atoms with E-state index >= 15 is 0 Å². The van der Waals surface area contributed by atoms with Gasteiger partial charge in [0.1, 0.15) is 0 Å². The van der Waals surface area contributed by atoms with Crippen LogP contribution in [0.15, 0.2) is 24.3 Å². The molecule has 0 aromatic heterocycles. The molecule has 1 atom stereocenters. The summed E-state index contributed by atoms with van der Waals surface area (Å²) in [5.74, 6) is 0. The fraction of sp³-hybridized carbons (Fsp3) is 0.500. The number of nitro benzene ring substituents is 1. The topological polar surface area (TPSA) is 90.4 Å². The highest BCUT2D eigenvalue weighted by Gasteiger charge is 2.09. The van der Waals surface area contributed by atoms with Crippen molar-refractivity contribution in [3.63, 3.8) is 0 Å². The number of hydrogen-bond acceptors (Lipinski definition) is 5.